The van der Waals surface area contributed by atoms with Gasteiger partial charge in [-0.15, -0.1) is 0 Å². The van der Waals surface area contributed by atoms with Gasteiger partial charge in [0, 0.05) is 5.57 Å². The van der Waals surface area contributed by atoms with Crippen LogP contribution in [0.15, 0.2) is 35.9 Å². The first-order chi connectivity index (χ1) is 5.70. The molecule has 0 spiro atoms. The van der Waals surface area contributed by atoms with Crippen LogP contribution in [0.5, 0.6) is 0 Å². The number of primary amides is 1. The van der Waals surface area contributed by atoms with Crippen LogP contribution in [0.3, 0.4) is 0 Å². The summed E-state index contributed by atoms with van der Waals surface area (Å²) in [6.07, 6.45) is 1.77. The van der Waals surface area contributed by atoms with Crippen molar-refractivity contribution in [1.29, 1.82) is 0 Å². The van der Waals surface area contributed by atoms with Gasteiger partial charge in [-0.25, -0.2) is 0 Å². The zero-order valence-electron chi connectivity index (χ0n) is 6.95. The topological polar surface area (TPSA) is 43.1 Å². The van der Waals surface area contributed by atoms with Crippen LogP contribution >= 0.6 is 0 Å². The van der Waals surface area contributed by atoms with Crippen molar-refractivity contribution < 1.29 is 4.79 Å². The highest BCUT2D eigenvalue weighted by Crippen LogP contribution is 2.04. The lowest BCUT2D eigenvalue weighted by Gasteiger charge is -1.94. The molecule has 0 saturated carbocycles. The smallest absolute Gasteiger partial charge is 0.244 e. The van der Waals surface area contributed by atoms with Crippen molar-refractivity contribution in [3.63, 3.8) is 0 Å². The molecule has 62 valence electrons. The number of amides is 1. The molecule has 0 atom stereocenters. The van der Waals surface area contributed by atoms with Crippen molar-refractivity contribution in [2.75, 3.05) is 0 Å². The first-order valence-electron chi connectivity index (χ1n) is 3.73. The lowest BCUT2D eigenvalue weighted by atomic mass is 10.1. The maximum atomic E-state index is 10.7. The quantitative estimate of drug-likeness (QED) is 0.657. The highest BCUT2D eigenvalue weighted by Gasteiger charge is 1.95. The fourth-order valence-electron chi connectivity index (χ4n) is 0.870. The van der Waals surface area contributed by atoms with E-state index in [1.54, 1.807) is 13.0 Å². The van der Waals surface area contributed by atoms with E-state index in [0.717, 1.165) is 5.56 Å². The number of hydrogen-bond acceptors (Lipinski definition) is 1. The van der Waals surface area contributed by atoms with Crippen LogP contribution in [-0.2, 0) is 4.79 Å². The van der Waals surface area contributed by atoms with Crippen molar-refractivity contribution >= 4 is 12.0 Å². The third-order valence-electron chi connectivity index (χ3n) is 1.57. The number of carbonyl (C=O) groups excluding carboxylic acids is 1. The van der Waals surface area contributed by atoms with Gasteiger partial charge in [-0.05, 0) is 18.6 Å². The maximum absolute atomic E-state index is 10.7. The van der Waals surface area contributed by atoms with Gasteiger partial charge in [-0.3, -0.25) is 4.79 Å². The normalized spacial score (nSPS) is 11.2. The summed E-state index contributed by atoms with van der Waals surface area (Å²) in [7, 11) is 0. The largest absolute Gasteiger partial charge is 0.366 e. The predicted molar refractivity (Wildman–Crippen MR) is 49.3 cm³/mol. The van der Waals surface area contributed by atoms with Crippen LogP contribution in [0.1, 0.15) is 12.5 Å². The van der Waals surface area contributed by atoms with E-state index in [1.165, 1.54) is 0 Å². The lowest BCUT2D eigenvalue weighted by Crippen LogP contribution is -2.11. The SMILES string of the molecule is C/C(=C\c1ccccc1)C(N)=O. The van der Waals surface area contributed by atoms with Crippen LogP contribution in [0.25, 0.3) is 6.08 Å². The summed E-state index contributed by atoms with van der Waals surface area (Å²) < 4.78 is 0. The second kappa shape index (κ2) is 3.72. The van der Waals surface area contributed by atoms with Gasteiger partial charge in [-0.1, -0.05) is 30.3 Å². The second-order valence-corrected chi connectivity index (χ2v) is 2.60. The molecule has 0 saturated heterocycles. The third kappa shape index (κ3) is 2.23. The average molecular weight is 161 g/mol. The molecule has 0 aliphatic heterocycles. The second-order valence-electron chi connectivity index (χ2n) is 2.60. The summed E-state index contributed by atoms with van der Waals surface area (Å²) in [5.74, 6) is -0.376. The van der Waals surface area contributed by atoms with Gasteiger partial charge in [0.1, 0.15) is 0 Å². The Hall–Kier alpha value is -1.57. The van der Waals surface area contributed by atoms with Crippen molar-refractivity contribution in [2.24, 2.45) is 5.73 Å². The Balaban J connectivity index is 2.89. The van der Waals surface area contributed by atoms with Crippen molar-refractivity contribution in [3.8, 4) is 0 Å². The number of nitrogens with two attached hydrogens (primary N) is 1. The summed E-state index contributed by atoms with van der Waals surface area (Å²) in [6.45, 7) is 1.70. The molecule has 2 N–H and O–H groups in total. The molecule has 1 aromatic carbocycles. The fourth-order valence-corrected chi connectivity index (χ4v) is 0.870. The molecule has 0 aliphatic carbocycles. The van der Waals surface area contributed by atoms with Crippen molar-refractivity contribution in [2.45, 2.75) is 6.92 Å². The Kier molecular flexibility index (Phi) is 2.64. The number of benzene rings is 1. The molecule has 2 nitrogen and oxygen atoms in total. The monoisotopic (exact) mass is 161 g/mol. The summed E-state index contributed by atoms with van der Waals surface area (Å²) in [6, 6.07) is 9.61. The molecule has 1 amide bonds. The van der Waals surface area contributed by atoms with Crippen LogP contribution in [0.4, 0.5) is 0 Å². The van der Waals surface area contributed by atoms with E-state index >= 15 is 0 Å². The molecule has 0 aromatic heterocycles. The molecule has 0 aliphatic rings. The fraction of sp³-hybridized carbons (Fsp3) is 0.100. The molecule has 0 unspecified atom stereocenters. The molecule has 0 bridgehead atoms. The van der Waals surface area contributed by atoms with E-state index in [-0.39, 0.29) is 5.91 Å². The van der Waals surface area contributed by atoms with Gasteiger partial charge >= 0.3 is 0 Å². The molecular formula is C10H11NO. The molecule has 0 radical (unpaired) electrons. The van der Waals surface area contributed by atoms with Crippen LogP contribution in [-0.4, -0.2) is 5.91 Å². The van der Waals surface area contributed by atoms with Crippen LogP contribution < -0.4 is 5.73 Å². The summed E-state index contributed by atoms with van der Waals surface area (Å²) in [5, 5.41) is 0. The van der Waals surface area contributed by atoms with Crippen molar-refractivity contribution in [1.82, 2.24) is 0 Å². The molecule has 12 heavy (non-hydrogen) atoms. The molecule has 2 heteroatoms. The standard InChI is InChI=1S/C10H11NO/c1-8(10(11)12)7-9-5-3-2-4-6-9/h2-7H,1H3,(H2,11,12)/b8-7+. The number of hydrogen-bond donors (Lipinski definition) is 1. The Morgan fingerprint density at radius 3 is 2.42 bits per heavy atom. The zero-order chi connectivity index (χ0) is 8.97. The van der Waals surface area contributed by atoms with Gasteiger partial charge in [0.05, 0.1) is 0 Å². The Labute approximate surface area is 71.7 Å². The first-order valence-corrected chi connectivity index (χ1v) is 3.73. The van der Waals surface area contributed by atoms with Crippen LogP contribution in [0.2, 0.25) is 0 Å². The van der Waals surface area contributed by atoms with E-state index in [1.807, 2.05) is 30.3 Å². The number of rotatable bonds is 2. The minimum Gasteiger partial charge on any atom is -0.366 e. The first kappa shape index (κ1) is 8.53. The zero-order valence-corrected chi connectivity index (χ0v) is 6.95. The number of carbonyl (C=O) groups is 1. The Morgan fingerprint density at radius 2 is 1.92 bits per heavy atom. The molecule has 0 heterocycles. The predicted octanol–water partition coefficient (Wildman–Crippen LogP) is 1.58. The minimum absolute atomic E-state index is 0.376. The Bertz CT molecular complexity index is 301. The highest BCUT2D eigenvalue weighted by molar-refractivity contribution is 5.95. The Morgan fingerprint density at radius 1 is 1.33 bits per heavy atom. The van der Waals surface area contributed by atoms with E-state index in [9.17, 15) is 4.79 Å². The van der Waals surface area contributed by atoms with Gasteiger partial charge in [0.15, 0.2) is 0 Å². The van der Waals surface area contributed by atoms with E-state index < -0.39 is 0 Å². The van der Waals surface area contributed by atoms with Gasteiger partial charge in [0.25, 0.3) is 0 Å². The summed E-state index contributed by atoms with van der Waals surface area (Å²) in [4.78, 5) is 10.7. The molecule has 0 fully saturated rings. The van der Waals surface area contributed by atoms with E-state index in [2.05, 4.69) is 0 Å². The van der Waals surface area contributed by atoms with Gasteiger partial charge < -0.3 is 5.73 Å². The highest BCUT2D eigenvalue weighted by atomic mass is 16.1. The average Bonchev–Trinajstić information content (AvgIpc) is 2.06. The van der Waals surface area contributed by atoms with Gasteiger partial charge in [-0.2, -0.15) is 0 Å². The third-order valence-corrected chi connectivity index (χ3v) is 1.57. The molecule has 1 rings (SSSR count). The van der Waals surface area contributed by atoms with Crippen molar-refractivity contribution in [3.05, 3.63) is 41.5 Å². The van der Waals surface area contributed by atoms with Gasteiger partial charge in [0.2, 0.25) is 5.91 Å². The van der Waals surface area contributed by atoms with E-state index in [4.69, 9.17) is 5.73 Å². The molecular weight excluding hydrogens is 150 g/mol. The van der Waals surface area contributed by atoms with Crippen LogP contribution in [0, 0.1) is 0 Å². The summed E-state index contributed by atoms with van der Waals surface area (Å²) >= 11 is 0. The maximum Gasteiger partial charge on any atom is 0.244 e. The molecule has 1 aromatic rings. The lowest BCUT2D eigenvalue weighted by molar-refractivity contribution is -0.114. The van der Waals surface area contributed by atoms with E-state index in [0.29, 0.717) is 5.57 Å². The minimum atomic E-state index is -0.376. The summed E-state index contributed by atoms with van der Waals surface area (Å²) in [5.41, 5.74) is 6.64.